The first-order valence-electron chi connectivity index (χ1n) is 11.7. The third kappa shape index (κ3) is 4.27. The molecule has 0 saturated heterocycles. The minimum atomic E-state index is -2.02. The monoisotopic (exact) mass is 478 g/mol. The number of carbonyl (C=O) groups excluding carboxylic acids is 3. The van der Waals surface area contributed by atoms with Crippen molar-refractivity contribution in [3.05, 3.63) is 113 Å². The summed E-state index contributed by atoms with van der Waals surface area (Å²) in [5.74, 6) is -3.48. The fourth-order valence-electron chi connectivity index (χ4n) is 4.65. The average Bonchev–Trinajstić information content (AvgIpc) is 3.22. The van der Waals surface area contributed by atoms with Crippen molar-refractivity contribution in [1.82, 2.24) is 0 Å². The molecule has 2 unspecified atom stereocenters. The van der Waals surface area contributed by atoms with Crippen molar-refractivity contribution in [3.63, 3.8) is 0 Å². The Labute approximate surface area is 208 Å². The fraction of sp³-hybridized carbons (Fsp3) is 0.167. The molecule has 1 N–H and O–H groups in total. The Morgan fingerprint density at radius 3 is 2.42 bits per heavy atom. The highest BCUT2D eigenvalue weighted by Gasteiger charge is 2.42. The summed E-state index contributed by atoms with van der Waals surface area (Å²) >= 11 is 0. The molecule has 0 aliphatic carbocycles. The van der Waals surface area contributed by atoms with Crippen LogP contribution in [0, 0.1) is 19.8 Å². The van der Waals surface area contributed by atoms with Gasteiger partial charge in [-0.2, -0.15) is 0 Å². The number of ether oxygens (including phenoxy) is 1. The summed E-state index contributed by atoms with van der Waals surface area (Å²) in [6.45, 7) is 3.70. The molecule has 4 aromatic carbocycles. The largest absolute Gasteiger partial charge is 0.844 e. The van der Waals surface area contributed by atoms with Crippen molar-refractivity contribution in [1.29, 1.82) is 0 Å². The van der Waals surface area contributed by atoms with Gasteiger partial charge >= 0.3 is 5.97 Å². The van der Waals surface area contributed by atoms with Crippen LogP contribution in [0.2, 0.25) is 0 Å². The van der Waals surface area contributed by atoms with Crippen LogP contribution in [0.4, 0.5) is 5.69 Å². The normalized spacial score (nSPS) is 16.2. The predicted molar refractivity (Wildman–Crippen MR) is 135 cm³/mol. The molecule has 6 nitrogen and oxygen atoms in total. The molecule has 1 aliphatic rings. The van der Waals surface area contributed by atoms with Gasteiger partial charge < -0.3 is 15.2 Å². The molecule has 0 saturated carbocycles. The highest BCUT2D eigenvalue weighted by atomic mass is 16.6. The van der Waals surface area contributed by atoms with Crippen molar-refractivity contribution in [3.8, 4) is 0 Å². The van der Waals surface area contributed by atoms with Gasteiger partial charge in [0.05, 0.1) is 11.5 Å². The number of cyclic esters (lactones) is 1. The van der Waals surface area contributed by atoms with Gasteiger partial charge in [-0.05, 0) is 60.0 Å². The number of ketones is 1. The van der Waals surface area contributed by atoms with E-state index in [1.54, 1.807) is 48.5 Å². The molecule has 4 aromatic rings. The molecule has 6 heteroatoms. The van der Waals surface area contributed by atoms with Crippen molar-refractivity contribution >= 4 is 34.1 Å². The molecular weight excluding hydrogens is 454 g/mol. The number of amides is 1. The lowest BCUT2D eigenvalue weighted by Crippen LogP contribution is -2.50. The van der Waals surface area contributed by atoms with E-state index in [9.17, 15) is 19.5 Å². The molecule has 0 spiro atoms. The molecule has 0 bridgehead atoms. The van der Waals surface area contributed by atoms with Gasteiger partial charge in [-0.1, -0.05) is 66.7 Å². The summed E-state index contributed by atoms with van der Waals surface area (Å²) in [6, 6.07) is 24.8. The Balaban J connectivity index is 1.54. The molecule has 5 rings (SSSR count). The van der Waals surface area contributed by atoms with Crippen LogP contribution < -0.4 is 10.4 Å². The lowest BCUT2D eigenvalue weighted by molar-refractivity contribution is -0.414. The molecule has 1 aliphatic heterocycles. The average molecular weight is 479 g/mol. The van der Waals surface area contributed by atoms with E-state index in [2.05, 4.69) is 5.32 Å². The molecule has 0 aromatic heterocycles. The van der Waals surface area contributed by atoms with Gasteiger partial charge in [0.2, 0.25) is 5.91 Å². The molecule has 0 radical (unpaired) electrons. The van der Waals surface area contributed by atoms with Crippen LogP contribution in [-0.4, -0.2) is 23.8 Å². The zero-order valence-corrected chi connectivity index (χ0v) is 19.9. The number of anilines is 1. The Kier molecular flexibility index (Phi) is 6.12. The van der Waals surface area contributed by atoms with E-state index in [0.717, 1.165) is 21.9 Å². The standard InChI is InChI=1S/C30H24NO5/c1-17-11-12-18(2)24(15-17)31-29(34)27(33)25(28-22-9-5-6-10-23(22)30(35)36-28)26(32)21-14-13-19-7-3-4-8-20(19)16-21/h3-16,25,27-28H,1-2H3,(H,31,34)/q-1/t25?,27?,28-/m0/s1. The maximum absolute atomic E-state index is 13.8. The first-order valence-corrected chi connectivity index (χ1v) is 11.7. The number of carbonyl (C=O) groups is 3. The zero-order chi connectivity index (χ0) is 25.4. The summed E-state index contributed by atoms with van der Waals surface area (Å²) in [5.41, 5.74) is 3.21. The lowest BCUT2D eigenvalue weighted by atomic mass is 9.83. The number of hydrogen-bond acceptors (Lipinski definition) is 5. The molecule has 180 valence electrons. The minimum absolute atomic E-state index is 0.277. The van der Waals surface area contributed by atoms with Crippen molar-refractivity contribution in [2.45, 2.75) is 26.1 Å². The second-order valence-corrected chi connectivity index (χ2v) is 9.09. The number of Topliss-reactive ketones (excluding diaryl/α,β-unsaturated/α-hetero) is 1. The van der Waals surface area contributed by atoms with E-state index >= 15 is 0 Å². The van der Waals surface area contributed by atoms with Crippen molar-refractivity contribution in [2.75, 3.05) is 5.32 Å². The van der Waals surface area contributed by atoms with Gasteiger partial charge in [0, 0.05) is 16.8 Å². The van der Waals surface area contributed by atoms with Crippen LogP contribution in [0.5, 0.6) is 0 Å². The number of benzene rings is 4. The molecule has 36 heavy (non-hydrogen) atoms. The SMILES string of the molecule is Cc1ccc(C)c(NC(=O)C([O-])C(C(=O)c2ccc3ccccc3c2)[C@H]2OC(=O)c3ccccc32)c1. The van der Waals surface area contributed by atoms with Gasteiger partial charge in [-0.3, -0.25) is 9.59 Å². The number of nitrogens with one attached hydrogen (secondary N) is 1. The van der Waals surface area contributed by atoms with E-state index < -0.39 is 35.8 Å². The summed E-state index contributed by atoms with van der Waals surface area (Å²) in [5, 5.41) is 18.1. The first kappa shape index (κ1) is 23.5. The van der Waals surface area contributed by atoms with Crippen LogP contribution in [0.25, 0.3) is 10.8 Å². The van der Waals surface area contributed by atoms with Crippen molar-refractivity contribution < 1.29 is 24.2 Å². The summed E-state index contributed by atoms with van der Waals surface area (Å²) in [4.78, 5) is 39.6. The second kappa shape index (κ2) is 9.40. The van der Waals surface area contributed by atoms with Crippen molar-refractivity contribution in [2.24, 2.45) is 5.92 Å². The van der Waals surface area contributed by atoms with E-state index in [0.29, 0.717) is 16.8 Å². The molecule has 3 atom stereocenters. The summed E-state index contributed by atoms with van der Waals surface area (Å²) < 4.78 is 5.55. The topological polar surface area (TPSA) is 95.5 Å². The molecule has 0 fully saturated rings. The molecule has 1 amide bonds. The van der Waals surface area contributed by atoms with Gasteiger partial charge in [0.25, 0.3) is 0 Å². The predicted octanol–water partition coefficient (Wildman–Crippen LogP) is 4.53. The Morgan fingerprint density at radius 2 is 1.61 bits per heavy atom. The second-order valence-electron chi connectivity index (χ2n) is 9.09. The minimum Gasteiger partial charge on any atom is -0.844 e. The highest BCUT2D eigenvalue weighted by molar-refractivity contribution is 6.07. The number of hydrogen-bond donors (Lipinski definition) is 1. The quantitative estimate of drug-likeness (QED) is 0.324. The summed E-state index contributed by atoms with van der Waals surface area (Å²) in [6.07, 6.45) is -3.19. The number of esters is 1. The van der Waals surface area contributed by atoms with Gasteiger partial charge in [-0.25, -0.2) is 4.79 Å². The van der Waals surface area contributed by atoms with Crippen LogP contribution in [0.15, 0.2) is 84.9 Å². The van der Waals surface area contributed by atoms with Crippen LogP contribution >= 0.6 is 0 Å². The Hall–Kier alpha value is -4.29. The van der Waals surface area contributed by atoms with E-state index in [1.807, 2.05) is 50.2 Å². The van der Waals surface area contributed by atoms with Crippen LogP contribution in [-0.2, 0) is 9.53 Å². The Morgan fingerprint density at radius 1 is 0.889 bits per heavy atom. The van der Waals surface area contributed by atoms with Gasteiger partial charge in [-0.15, -0.1) is 0 Å². The third-order valence-electron chi connectivity index (χ3n) is 6.62. The highest BCUT2D eigenvalue weighted by Crippen LogP contribution is 2.39. The van der Waals surface area contributed by atoms with E-state index in [-0.39, 0.29) is 5.56 Å². The van der Waals surface area contributed by atoms with E-state index in [1.165, 1.54) is 0 Å². The van der Waals surface area contributed by atoms with Crippen LogP contribution in [0.1, 0.15) is 43.5 Å². The smallest absolute Gasteiger partial charge is 0.339 e. The zero-order valence-electron chi connectivity index (χ0n) is 19.9. The van der Waals surface area contributed by atoms with E-state index in [4.69, 9.17) is 4.74 Å². The maximum Gasteiger partial charge on any atom is 0.339 e. The third-order valence-corrected chi connectivity index (χ3v) is 6.62. The van der Waals surface area contributed by atoms with Gasteiger partial charge in [0.1, 0.15) is 6.10 Å². The van der Waals surface area contributed by atoms with Crippen LogP contribution in [0.3, 0.4) is 0 Å². The molecule has 1 heterocycles. The van der Waals surface area contributed by atoms with Gasteiger partial charge in [0.15, 0.2) is 5.78 Å². The fourth-order valence-corrected chi connectivity index (χ4v) is 4.65. The number of rotatable bonds is 6. The summed E-state index contributed by atoms with van der Waals surface area (Å²) in [7, 11) is 0. The number of fused-ring (bicyclic) bond motifs is 2. The molecular formula is C30H24NO5-. The number of aryl methyl sites for hydroxylation is 2. The first-order chi connectivity index (χ1) is 17.3. The lowest BCUT2D eigenvalue weighted by Gasteiger charge is -2.33. The Bertz CT molecular complexity index is 1510. The maximum atomic E-state index is 13.8.